The van der Waals surface area contributed by atoms with Crippen molar-refractivity contribution < 1.29 is 9.53 Å². The molecule has 1 saturated heterocycles. The first-order valence-corrected chi connectivity index (χ1v) is 7.35. The molecule has 4 nitrogen and oxygen atoms in total. The van der Waals surface area contributed by atoms with Crippen LogP contribution in [0.1, 0.15) is 18.4 Å². The van der Waals surface area contributed by atoms with Gasteiger partial charge in [-0.2, -0.15) is 0 Å². The summed E-state index contributed by atoms with van der Waals surface area (Å²) in [5.74, 6) is 0.449. The fraction of sp³-hybridized carbons (Fsp3) is 0.562. The van der Waals surface area contributed by atoms with E-state index < -0.39 is 0 Å². The van der Waals surface area contributed by atoms with Crippen molar-refractivity contribution in [1.82, 2.24) is 10.2 Å². The summed E-state index contributed by atoms with van der Waals surface area (Å²) in [6.45, 7) is 3.76. The Kier molecular flexibility index (Phi) is 6.02. The Balaban J connectivity index is 1.64. The van der Waals surface area contributed by atoms with Gasteiger partial charge in [-0.15, -0.1) is 0 Å². The molecular weight excluding hydrogens is 252 g/mol. The molecule has 110 valence electrons. The number of nitrogens with one attached hydrogen (secondary N) is 1. The van der Waals surface area contributed by atoms with Crippen LogP contribution in [0.25, 0.3) is 0 Å². The van der Waals surface area contributed by atoms with E-state index in [0.717, 1.165) is 25.9 Å². The minimum atomic E-state index is 0.190. The zero-order valence-electron chi connectivity index (χ0n) is 12.2. The third-order valence-corrected chi connectivity index (χ3v) is 3.75. The van der Waals surface area contributed by atoms with E-state index >= 15 is 0 Å². The Bertz CT molecular complexity index is 402. The Morgan fingerprint density at radius 1 is 1.30 bits per heavy atom. The van der Waals surface area contributed by atoms with Gasteiger partial charge < -0.3 is 15.0 Å². The molecule has 0 aromatic heterocycles. The van der Waals surface area contributed by atoms with Gasteiger partial charge in [0.1, 0.15) is 0 Å². The maximum Gasteiger partial charge on any atom is 0.225 e. The van der Waals surface area contributed by atoms with E-state index in [9.17, 15) is 4.79 Å². The van der Waals surface area contributed by atoms with Crippen LogP contribution in [0, 0.1) is 5.92 Å². The molecule has 0 spiro atoms. The number of benzene rings is 1. The number of carbonyl (C=O) groups excluding carboxylic acids is 1. The zero-order valence-corrected chi connectivity index (χ0v) is 12.2. The lowest BCUT2D eigenvalue weighted by Gasteiger charge is -2.26. The molecule has 0 bridgehead atoms. The second-order valence-corrected chi connectivity index (χ2v) is 5.32. The van der Waals surface area contributed by atoms with E-state index in [1.165, 1.54) is 5.56 Å². The highest BCUT2D eigenvalue weighted by atomic mass is 16.5. The number of ether oxygens (including phenoxy) is 1. The van der Waals surface area contributed by atoms with Gasteiger partial charge in [0.15, 0.2) is 0 Å². The molecule has 20 heavy (non-hydrogen) atoms. The smallest absolute Gasteiger partial charge is 0.225 e. The lowest BCUT2D eigenvalue weighted by atomic mass is 9.97. The summed E-state index contributed by atoms with van der Waals surface area (Å²) in [5.41, 5.74) is 1.17. The molecule has 1 aromatic rings. The van der Waals surface area contributed by atoms with E-state index in [1.807, 2.05) is 37.4 Å². The minimum Gasteiger partial charge on any atom is -0.375 e. The normalized spacial score (nSPS) is 16.1. The zero-order chi connectivity index (χ0) is 14.2. The SMILES string of the molecule is CN(CCOCc1ccccc1)C(=O)C1CCNCC1. The van der Waals surface area contributed by atoms with Crippen molar-refractivity contribution in [1.29, 1.82) is 0 Å². The van der Waals surface area contributed by atoms with Gasteiger partial charge in [0.05, 0.1) is 13.2 Å². The first-order valence-electron chi connectivity index (χ1n) is 7.35. The van der Waals surface area contributed by atoms with Crippen molar-refractivity contribution in [2.45, 2.75) is 19.4 Å². The molecule has 1 aliphatic heterocycles. The number of likely N-dealkylation sites (N-methyl/N-ethyl adjacent to an activating group) is 1. The Morgan fingerprint density at radius 2 is 2.00 bits per heavy atom. The Hall–Kier alpha value is -1.39. The van der Waals surface area contributed by atoms with E-state index in [1.54, 1.807) is 4.90 Å². The summed E-state index contributed by atoms with van der Waals surface area (Å²) in [5, 5.41) is 3.28. The van der Waals surface area contributed by atoms with E-state index in [4.69, 9.17) is 4.74 Å². The molecule has 0 radical (unpaired) electrons. The maximum absolute atomic E-state index is 12.2. The predicted octanol–water partition coefficient (Wildman–Crippen LogP) is 1.66. The van der Waals surface area contributed by atoms with Crippen LogP contribution in [-0.4, -0.2) is 44.1 Å². The van der Waals surface area contributed by atoms with E-state index in [0.29, 0.717) is 19.8 Å². The molecule has 0 unspecified atom stereocenters. The molecule has 1 fully saturated rings. The number of nitrogens with zero attached hydrogens (tertiary/aromatic N) is 1. The van der Waals surface area contributed by atoms with E-state index in [2.05, 4.69) is 5.32 Å². The highest BCUT2D eigenvalue weighted by Crippen LogP contribution is 2.14. The number of rotatable bonds is 6. The summed E-state index contributed by atoms with van der Waals surface area (Å²) < 4.78 is 5.62. The standard InChI is InChI=1S/C16H24N2O2/c1-18(16(19)15-7-9-17-10-8-15)11-12-20-13-14-5-3-2-4-6-14/h2-6,15,17H,7-13H2,1H3. The molecule has 1 N–H and O–H groups in total. The second-order valence-electron chi connectivity index (χ2n) is 5.32. The van der Waals surface area contributed by atoms with Crippen LogP contribution in [0.4, 0.5) is 0 Å². The van der Waals surface area contributed by atoms with Crippen molar-refractivity contribution in [3.05, 3.63) is 35.9 Å². The first kappa shape index (κ1) is 15.0. The van der Waals surface area contributed by atoms with Gasteiger partial charge >= 0.3 is 0 Å². The van der Waals surface area contributed by atoms with Crippen LogP contribution in [0.3, 0.4) is 0 Å². The number of hydrogen-bond acceptors (Lipinski definition) is 3. The third kappa shape index (κ3) is 4.62. The number of piperidine rings is 1. The van der Waals surface area contributed by atoms with Gasteiger partial charge in [-0.25, -0.2) is 0 Å². The summed E-state index contributed by atoms with van der Waals surface area (Å²) in [6, 6.07) is 10.1. The fourth-order valence-electron chi connectivity index (χ4n) is 2.46. The minimum absolute atomic E-state index is 0.190. The highest BCUT2D eigenvalue weighted by molar-refractivity contribution is 5.78. The van der Waals surface area contributed by atoms with Crippen LogP contribution in [0.2, 0.25) is 0 Å². The average molecular weight is 276 g/mol. The number of carbonyl (C=O) groups is 1. The van der Waals surface area contributed by atoms with Crippen molar-refractivity contribution in [3.63, 3.8) is 0 Å². The highest BCUT2D eigenvalue weighted by Gasteiger charge is 2.23. The molecule has 0 saturated carbocycles. The van der Waals surface area contributed by atoms with Crippen molar-refractivity contribution in [2.24, 2.45) is 5.92 Å². The number of amides is 1. The fourth-order valence-corrected chi connectivity index (χ4v) is 2.46. The van der Waals surface area contributed by atoms with Gasteiger partial charge in [0.25, 0.3) is 0 Å². The molecule has 0 aliphatic carbocycles. The van der Waals surface area contributed by atoms with Gasteiger partial charge in [-0.3, -0.25) is 4.79 Å². The van der Waals surface area contributed by atoms with Crippen LogP contribution in [0.15, 0.2) is 30.3 Å². The summed E-state index contributed by atoms with van der Waals surface area (Å²) in [6.07, 6.45) is 1.90. The molecular formula is C16H24N2O2. The molecule has 1 aromatic carbocycles. The van der Waals surface area contributed by atoms with Gasteiger partial charge in [0.2, 0.25) is 5.91 Å². The maximum atomic E-state index is 12.2. The van der Waals surface area contributed by atoms with Gasteiger partial charge in [-0.05, 0) is 31.5 Å². The topological polar surface area (TPSA) is 41.6 Å². The predicted molar refractivity (Wildman–Crippen MR) is 79.3 cm³/mol. The molecule has 4 heteroatoms. The van der Waals surface area contributed by atoms with Crippen LogP contribution < -0.4 is 5.32 Å². The van der Waals surface area contributed by atoms with Crippen LogP contribution in [0.5, 0.6) is 0 Å². The lowest BCUT2D eigenvalue weighted by molar-refractivity contribution is -0.135. The third-order valence-electron chi connectivity index (χ3n) is 3.75. The number of hydrogen-bond donors (Lipinski definition) is 1. The molecule has 1 aliphatic rings. The van der Waals surface area contributed by atoms with Crippen LogP contribution >= 0.6 is 0 Å². The summed E-state index contributed by atoms with van der Waals surface area (Å²) in [4.78, 5) is 14.0. The lowest BCUT2D eigenvalue weighted by Crippen LogP contribution is -2.40. The Morgan fingerprint density at radius 3 is 2.70 bits per heavy atom. The summed E-state index contributed by atoms with van der Waals surface area (Å²) in [7, 11) is 1.87. The quantitative estimate of drug-likeness (QED) is 0.804. The molecule has 2 rings (SSSR count). The van der Waals surface area contributed by atoms with Crippen LogP contribution in [-0.2, 0) is 16.1 Å². The van der Waals surface area contributed by atoms with Crippen molar-refractivity contribution >= 4 is 5.91 Å². The first-order chi connectivity index (χ1) is 9.77. The van der Waals surface area contributed by atoms with E-state index in [-0.39, 0.29) is 11.8 Å². The molecule has 0 atom stereocenters. The monoisotopic (exact) mass is 276 g/mol. The van der Waals surface area contributed by atoms with Gasteiger partial charge in [0, 0.05) is 19.5 Å². The summed E-state index contributed by atoms with van der Waals surface area (Å²) >= 11 is 0. The largest absolute Gasteiger partial charge is 0.375 e. The van der Waals surface area contributed by atoms with Crippen molar-refractivity contribution in [3.8, 4) is 0 Å². The second kappa shape index (κ2) is 8.02. The average Bonchev–Trinajstić information content (AvgIpc) is 2.52. The van der Waals surface area contributed by atoms with Gasteiger partial charge in [-0.1, -0.05) is 30.3 Å². The van der Waals surface area contributed by atoms with Crippen molar-refractivity contribution in [2.75, 3.05) is 33.3 Å². The molecule has 1 heterocycles. The molecule has 1 amide bonds. The Labute approximate surface area is 121 Å².